The summed E-state index contributed by atoms with van der Waals surface area (Å²) in [7, 11) is 1.52. The fourth-order valence-electron chi connectivity index (χ4n) is 3.59. The number of thiocarbonyl (C=S) groups is 1. The highest BCUT2D eigenvalue weighted by atomic mass is 32.1. The average molecular weight is 319 g/mol. The second-order valence-corrected chi connectivity index (χ2v) is 6.43. The molecule has 3 rings (SSSR count). The molecule has 2 aliphatic carbocycles. The van der Waals surface area contributed by atoms with Crippen molar-refractivity contribution in [1.29, 1.82) is 0 Å². The fraction of sp³-hybridized carbons (Fsp3) is 0.500. The number of nitrogens with zero attached hydrogens (tertiary/aromatic N) is 1. The summed E-state index contributed by atoms with van der Waals surface area (Å²) >= 11 is 5.28. The molecule has 5 nitrogen and oxygen atoms in total. The third-order valence-electron chi connectivity index (χ3n) is 4.67. The SMILES string of the molecule is COc1cccc(/C=N/NC(=S)N[C@H]2C[C@H]3CC[C@@H]2C3)c1O. The average Bonchev–Trinajstić information content (AvgIpc) is 3.11. The van der Waals surface area contributed by atoms with Crippen LogP contribution in [0.4, 0.5) is 0 Å². The molecule has 1 aromatic carbocycles. The lowest BCUT2D eigenvalue weighted by molar-refractivity contribution is 0.373. The van der Waals surface area contributed by atoms with Crippen LogP contribution in [0.3, 0.4) is 0 Å². The van der Waals surface area contributed by atoms with Gasteiger partial charge in [-0.2, -0.15) is 5.10 Å². The maximum absolute atomic E-state index is 9.96. The van der Waals surface area contributed by atoms with Crippen LogP contribution in [0, 0.1) is 11.8 Å². The first-order chi connectivity index (χ1) is 10.7. The Kier molecular flexibility index (Phi) is 4.47. The van der Waals surface area contributed by atoms with Gasteiger partial charge in [-0.1, -0.05) is 12.5 Å². The lowest BCUT2D eigenvalue weighted by atomic mass is 9.96. The molecule has 0 radical (unpaired) electrons. The molecule has 0 aliphatic heterocycles. The van der Waals surface area contributed by atoms with Gasteiger partial charge >= 0.3 is 0 Å². The van der Waals surface area contributed by atoms with Gasteiger partial charge in [0.25, 0.3) is 0 Å². The first kappa shape index (κ1) is 15.1. The Labute approximate surface area is 135 Å². The van der Waals surface area contributed by atoms with E-state index >= 15 is 0 Å². The third-order valence-corrected chi connectivity index (χ3v) is 4.88. The lowest BCUT2D eigenvalue weighted by Crippen LogP contribution is -2.42. The molecule has 3 atom stereocenters. The second-order valence-electron chi connectivity index (χ2n) is 6.02. The van der Waals surface area contributed by atoms with Crippen molar-refractivity contribution >= 4 is 23.5 Å². The minimum absolute atomic E-state index is 0.0718. The first-order valence-electron chi connectivity index (χ1n) is 7.63. The summed E-state index contributed by atoms with van der Waals surface area (Å²) in [6.07, 6.45) is 6.77. The molecule has 1 aromatic rings. The number of rotatable bonds is 4. The Morgan fingerprint density at radius 1 is 1.41 bits per heavy atom. The summed E-state index contributed by atoms with van der Waals surface area (Å²) in [6, 6.07) is 5.74. The smallest absolute Gasteiger partial charge is 0.187 e. The van der Waals surface area contributed by atoms with Gasteiger partial charge in [-0.3, -0.25) is 5.43 Å². The number of ether oxygens (including phenoxy) is 1. The molecule has 0 unspecified atom stereocenters. The summed E-state index contributed by atoms with van der Waals surface area (Å²) < 4.78 is 5.06. The quantitative estimate of drug-likeness (QED) is 0.452. The summed E-state index contributed by atoms with van der Waals surface area (Å²) in [5, 5.41) is 17.9. The minimum Gasteiger partial charge on any atom is -0.504 e. The third kappa shape index (κ3) is 3.16. The molecule has 0 saturated heterocycles. The molecule has 22 heavy (non-hydrogen) atoms. The molecule has 118 valence electrons. The van der Waals surface area contributed by atoms with E-state index in [1.165, 1.54) is 39.0 Å². The number of aromatic hydroxyl groups is 1. The van der Waals surface area contributed by atoms with Crippen molar-refractivity contribution in [1.82, 2.24) is 10.7 Å². The number of hydrazone groups is 1. The van der Waals surface area contributed by atoms with E-state index in [0.717, 1.165) is 11.8 Å². The van der Waals surface area contributed by atoms with Crippen LogP contribution < -0.4 is 15.5 Å². The highest BCUT2D eigenvalue weighted by Crippen LogP contribution is 2.44. The molecule has 2 aliphatic rings. The van der Waals surface area contributed by atoms with Gasteiger partial charge in [-0.15, -0.1) is 0 Å². The van der Waals surface area contributed by atoms with Crippen LogP contribution >= 0.6 is 12.2 Å². The van der Waals surface area contributed by atoms with Gasteiger partial charge in [-0.05, 0) is 55.4 Å². The van der Waals surface area contributed by atoms with Gasteiger partial charge in [0.15, 0.2) is 16.6 Å². The Bertz CT molecular complexity index is 591. The zero-order chi connectivity index (χ0) is 15.5. The molecular formula is C16H21N3O2S. The topological polar surface area (TPSA) is 65.9 Å². The van der Waals surface area contributed by atoms with Crippen LogP contribution in [0.2, 0.25) is 0 Å². The fourth-order valence-corrected chi connectivity index (χ4v) is 3.79. The molecule has 0 aromatic heterocycles. The van der Waals surface area contributed by atoms with E-state index in [0.29, 0.717) is 22.5 Å². The van der Waals surface area contributed by atoms with E-state index in [2.05, 4.69) is 15.8 Å². The number of para-hydroxylation sites is 1. The van der Waals surface area contributed by atoms with E-state index in [-0.39, 0.29) is 5.75 Å². The van der Waals surface area contributed by atoms with Crippen molar-refractivity contribution in [3.63, 3.8) is 0 Å². The van der Waals surface area contributed by atoms with Crippen LogP contribution in [-0.4, -0.2) is 29.6 Å². The van der Waals surface area contributed by atoms with Gasteiger partial charge in [-0.25, -0.2) is 0 Å². The molecular weight excluding hydrogens is 298 g/mol. The second kappa shape index (κ2) is 6.52. The van der Waals surface area contributed by atoms with Crippen molar-refractivity contribution in [3.8, 4) is 11.5 Å². The van der Waals surface area contributed by atoms with Crippen LogP contribution in [0.15, 0.2) is 23.3 Å². The lowest BCUT2D eigenvalue weighted by Gasteiger charge is -2.23. The molecule has 2 saturated carbocycles. The normalized spacial score (nSPS) is 26.3. The minimum atomic E-state index is 0.0718. The predicted octanol–water partition coefficient (Wildman–Crippen LogP) is 2.39. The number of hydrogen-bond acceptors (Lipinski definition) is 4. The number of phenols is 1. The molecule has 2 bridgehead atoms. The van der Waals surface area contributed by atoms with Crippen molar-refractivity contribution in [3.05, 3.63) is 23.8 Å². The summed E-state index contributed by atoms with van der Waals surface area (Å²) in [5.41, 5.74) is 3.40. The Balaban J connectivity index is 1.52. The molecule has 2 fully saturated rings. The zero-order valence-electron chi connectivity index (χ0n) is 12.6. The number of fused-ring (bicyclic) bond motifs is 2. The summed E-state index contributed by atoms with van der Waals surface area (Å²) in [4.78, 5) is 0. The number of phenolic OH excluding ortho intramolecular Hbond substituents is 1. The van der Waals surface area contributed by atoms with Gasteiger partial charge in [0.05, 0.1) is 13.3 Å². The van der Waals surface area contributed by atoms with Crippen molar-refractivity contribution in [2.75, 3.05) is 7.11 Å². The van der Waals surface area contributed by atoms with E-state index in [1.54, 1.807) is 18.2 Å². The number of benzene rings is 1. The first-order valence-corrected chi connectivity index (χ1v) is 8.03. The van der Waals surface area contributed by atoms with Crippen LogP contribution in [-0.2, 0) is 0 Å². The molecule has 0 spiro atoms. The Morgan fingerprint density at radius 2 is 2.27 bits per heavy atom. The molecule has 3 N–H and O–H groups in total. The number of hydrogen-bond donors (Lipinski definition) is 3. The standard InChI is InChI=1S/C16H21N3O2S/c1-21-14-4-2-3-12(15(14)20)9-17-19-16(22)18-13-8-10-5-6-11(13)7-10/h2-4,9-11,13,20H,5-8H2,1H3,(H2,18,19,22)/b17-9+/t10-,11+,13-/m0/s1. The Morgan fingerprint density at radius 3 is 2.95 bits per heavy atom. The van der Waals surface area contributed by atoms with Crippen LogP contribution in [0.25, 0.3) is 0 Å². The molecule has 0 heterocycles. The molecule has 0 amide bonds. The molecule has 6 heteroatoms. The van der Waals surface area contributed by atoms with Crippen molar-refractivity contribution in [2.24, 2.45) is 16.9 Å². The highest BCUT2D eigenvalue weighted by molar-refractivity contribution is 7.80. The number of methoxy groups -OCH3 is 1. The van der Waals surface area contributed by atoms with Crippen molar-refractivity contribution < 1.29 is 9.84 Å². The van der Waals surface area contributed by atoms with Crippen LogP contribution in [0.5, 0.6) is 11.5 Å². The number of nitrogens with one attached hydrogen (secondary N) is 2. The monoisotopic (exact) mass is 319 g/mol. The van der Waals surface area contributed by atoms with Gasteiger partial charge in [0.1, 0.15) is 0 Å². The summed E-state index contributed by atoms with van der Waals surface area (Å²) in [5.74, 6) is 2.13. The maximum Gasteiger partial charge on any atom is 0.187 e. The predicted molar refractivity (Wildman–Crippen MR) is 90.4 cm³/mol. The summed E-state index contributed by atoms with van der Waals surface area (Å²) in [6.45, 7) is 0. The van der Waals surface area contributed by atoms with Gasteiger partial charge in [0.2, 0.25) is 0 Å². The van der Waals surface area contributed by atoms with E-state index in [1.807, 2.05) is 0 Å². The largest absolute Gasteiger partial charge is 0.504 e. The maximum atomic E-state index is 9.96. The highest BCUT2D eigenvalue weighted by Gasteiger charge is 2.39. The van der Waals surface area contributed by atoms with Gasteiger partial charge < -0.3 is 15.2 Å². The van der Waals surface area contributed by atoms with Gasteiger partial charge in [0, 0.05) is 11.6 Å². The van der Waals surface area contributed by atoms with E-state index in [4.69, 9.17) is 17.0 Å². The van der Waals surface area contributed by atoms with Crippen LogP contribution in [0.1, 0.15) is 31.2 Å². The van der Waals surface area contributed by atoms with E-state index < -0.39 is 0 Å². The Hall–Kier alpha value is -1.82. The van der Waals surface area contributed by atoms with Crippen molar-refractivity contribution in [2.45, 2.75) is 31.7 Å². The van der Waals surface area contributed by atoms with E-state index in [9.17, 15) is 5.11 Å². The zero-order valence-corrected chi connectivity index (χ0v) is 13.4.